The van der Waals surface area contributed by atoms with Crippen LogP contribution in [0.4, 0.5) is 0 Å². The number of nitrogens with zero attached hydrogens (tertiary/aromatic N) is 2. The molecule has 1 aliphatic rings. The van der Waals surface area contributed by atoms with Gasteiger partial charge in [-0.1, -0.05) is 19.3 Å². The van der Waals surface area contributed by atoms with Gasteiger partial charge in [0, 0.05) is 11.3 Å². The molecule has 1 aromatic rings. The van der Waals surface area contributed by atoms with Crippen LogP contribution in [0.2, 0.25) is 0 Å². The molecule has 0 bridgehead atoms. The normalized spacial score (nSPS) is 18.4. The van der Waals surface area contributed by atoms with Crippen molar-refractivity contribution in [3.63, 3.8) is 0 Å². The Kier molecular flexibility index (Phi) is 2.60. The third-order valence-corrected chi connectivity index (χ3v) is 3.60. The van der Waals surface area contributed by atoms with Crippen molar-refractivity contribution in [3.8, 4) is 6.07 Å². The fourth-order valence-corrected chi connectivity index (χ4v) is 2.79. The Bertz CT molecular complexity index is 318. The maximum atomic E-state index is 8.64. The molecule has 0 N–H and O–H groups in total. The SMILES string of the molecule is N#Cc1csc(C2CCCCC2)n1. The van der Waals surface area contributed by atoms with Crippen molar-refractivity contribution in [1.29, 1.82) is 5.26 Å². The van der Waals surface area contributed by atoms with Gasteiger partial charge in [0.05, 0.1) is 5.01 Å². The van der Waals surface area contributed by atoms with Crippen LogP contribution in [0, 0.1) is 11.3 Å². The first-order chi connectivity index (χ1) is 6.40. The zero-order chi connectivity index (χ0) is 9.10. The Morgan fingerprint density at radius 1 is 1.38 bits per heavy atom. The van der Waals surface area contributed by atoms with E-state index in [9.17, 15) is 0 Å². The largest absolute Gasteiger partial charge is 0.230 e. The van der Waals surface area contributed by atoms with E-state index in [4.69, 9.17) is 5.26 Å². The van der Waals surface area contributed by atoms with Crippen LogP contribution in [0.25, 0.3) is 0 Å². The van der Waals surface area contributed by atoms with E-state index < -0.39 is 0 Å². The van der Waals surface area contributed by atoms with Crippen molar-refractivity contribution in [1.82, 2.24) is 4.98 Å². The van der Waals surface area contributed by atoms with Crippen molar-refractivity contribution in [2.45, 2.75) is 38.0 Å². The van der Waals surface area contributed by atoms with Gasteiger partial charge in [-0.3, -0.25) is 0 Å². The van der Waals surface area contributed by atoms with Crippen molar-refractivity contribution < 1.29 is 0 Å². The van der Waals surface area contributed by atoms with Gasteiger partial charge in [0.2, 0.25) is 0 Å². The molecule has 1 saturated carbocycles. The quantitative estimate of drug-likeness (QED) is 0.685. The van der Waals surface area contributed by atoms with Crippen LogP contribution in [0.3, 0.4) is 0 Å². The third kappa shape index (κ3) is 1.89. The van der Waals surface area contributed by atoms with E-state index in [0.717, 1.165) is 0 Å². The highest BCUT2D eigenvalue weighted by atomic mass is 32.1. The Morgan fingerprint density at radius 2 is 2.15 bits per heavy atom. The summed E-state index contributed by atoms with van der Waals surface area (Å²) < 4.78 is 0. The number of hydrogen-bond acceptors (Lipinski definition) is 3. The van der Waals surface area contributed by atoms with Crippen LogP contribution >= 0.6 is 11.3 Å². The number of nitriles is 1. The van der Waals surface area contributed by atoms with E-state index >= 15 is 0 Å². The molecular formula is C10H12N2S. The molecule has 0 aliphatic heterocycles. The summed E-state index contributed by atoms with van der Waals surface area (Å²) in [5.41, 5.74) is 0.588. The van der Waals surface area contributed by atoms with Crippen LogP contribution in [0.5, 0.6) is 0 Å². The van der Waals surface area contributed by atoms with Crippen LogP contribution in [0.1, 0.15) is 48.7 Å². The first kappa shape index (κ1) is 8.71. The summed E-state index contributed by atoms with van der Waals surface area (Å²) in [6, 6.07) is 2.09. The molecule has 3 heteroatoms. The van der Waals surface area contributed by atoms with E-state index in [1.807, 2.05) is 5.38 Å². The lowest BCUT2D eigenvalue weighted by Gasteiger charge is -2.18. The van der Waals surface area contributed by atoms with Gasteiger partial charge in [-0.15, -0.1) is 11.3 Å². The molecule has 0 radical (unpaired) electrons. The number of hydrogen-bond donors (Lipinski definition) is 0. The second kappa shape index (κ2) is 3.89. The van der Waals surface area contributed by atoms with Gasteiger partial charge in [-0.2, -0.15) is 5.26 Å². The minimum absolute atomic E-state index is 0.588. The zero-order valence-electron chi connectivity index (χ0n) is 7.49. The first-order valence-corrected chi connectivity index (χ1v) is 5.63. The van der Waals surface area contributed by atoms with Gasteiger partial charge >= 0.3 is 0 Å². The molecule has 0 unspecified atom stereocenters. The molecule has 0 spiro atoms. The summed E-state index contributed by atoms with van der Waals surface area (Å²) in [6.07, 6.45) is 6.54. The van der Waals surface area contributed by atoms with Crippen LogP contribution in [0.15, 0.2) is 5.38 Å². The first-order valence-electron chi connectivity index (χ1n) is 4.75. The summed E-state index contributed by atoms with van der Waals surface area (Å²) in [4.78, 5) is 4.31. The molecule has 0 aromatic carbocycles. The average molecular weight is 192 g/mol. The fraction of sp³-hybridized carbons (Fsp3) is 0.600. The van der Waals surface area contributed by atoms with Gasteiger partial charge < -0.3 is 0 Å². The lowest BCUT2D eigenvalue weighted by molar-refractivity contribution is 0.442. The summed E-state index contributed by atoms with van der Waals surface area (Å²) in [5.74, 6) is 0.640. The minimum Gasteiger partial charge on any atom is -0.230 e. The summed E-state index contributed by atoms with van der Waals surface area (Å²) in [6.45, 7) is 0. The van der Waals surface area contributed by atoms with E-state index in [1.54, 1.807) is 11.3 Å². The van der Waals surface area contributed by atoms with Gasteiger partial charge in [0.1, 0.15) is 6.07 Å². The van der Waals surface area contributed by atoms with Crippen molar-refractivity contribution >= 4 is 11.3 Å². The van der Waals surface area contributed by atoms with E-state index in [2.05, 4.69) is 11.1 Å². The van der Waals surface area contributed by atoms with E-state index in [-0.39, 0.29) is 0 Å². The van der Waals surface area contributed by atoms with Crippen LogP contribution < -0.4 is 0 Å². The minimum atomic E-state index is 0.588. The second-order valence-electron chi connectivity index (χ2n) is 3.52. The standard InChI is InChI=1S/C10H12N2S/c11-6-9-7-13-10(12-9)8-4-2-1-3-5-8/h7-8H,1-5H2. The predicted octanol–water partition coefficient (Wildman–Crippen LogP) is 3.06. The molecule has 1 aromatic heterocycles. The number of aromatic nitrogens is 1. The van der Waals surface area contributed by atoms with E-state index in [1.165, 1.54) is 37.1 Å². The Morgan fingerprint density at radius 3 is 2.77 bits per heavy atom. The topological polar surface area (TPSA) is 36.7 Å². The maximum Gasteiger partial charge on any atom is 0.151 e. The average Bonchev–Trinajstić information content (AvgIpc) is 2.67. The lowest BCUT2D eigenvalue weighted by atomic mass is 9.90. The Hall–Kier alpha value is -0.880. The second-order valence-corrected chi connectivity index (χ2v) is 4.41. The molecule has 0 amide bonds. The number of thiazole rings is 1. The summed E-state index contributed by atoms with van der Waals surface area (Å²) in [5, 5.41) is 11.7. The molecule has 2 nitrogen and oxygen atoms in total. The predicted molar refractivity (Wildman–Crippen MR) is 52.7 cm³/mol. The summed E-state index contributed by atoms with van der Waals surface area (Å²) in [7, 11) is 0. The molecule has 1 fully saturated rings. The lowest BCUT2D eigenvalue weighted by Crippen LogP contribution is -2.03. The van der Waals surface area contributed by atoms with Gasteiger partial charge in [0.15, 0.2) is 5.69 Å². The number of rotatable bonds is 1. The van der Waals surface area contributed by atoms with Gasteiger partial charge in [0.25, 0.3) is 0 Å². The molecule has 13 heavy (non-hydrogen) atoms. The molecule has 2 rings (SSSR count). The highest BCUT2D eigenvalue weighted by Gasteiger charge is 2.18. The van der Waals surface area contributed by atoms with Crippen molar-refractivity contribution in [2.75, 3.05) is 0 Å². The summed E-state index contributed by atoms with van der Waals surface area (Å²) >= 11 is 1.65. The molecular weight excluding hydrogens is 180 g/mol. The Balaban J connectivity index is 2.11. The van der Waals surface area contributed by atoms with Crippen molar-refractivity contribution in [3.05, 3.63) is 16.1 Å². The maximum absolute atomic E-state index is 8.64. The van der Waals surface area contributed by atoms with Gasteiger partial charge in [-0.25, -0.2) is 4.98 Å². The molecule has 0 atom stereocenters. The van der Waals surface area contributed by atoms with Crippen LogP contribution in [-0.4, -0.2) is 4.98 Å². The third-order valence-electron chi connectivity index (χ3n) is 2.59. The smallest absolute Gasteiger partial charge is 0.151 e. The highest BCUT2D eigenvalue weighted by Crippen LogP contribution is 2.33. The molecule has 1 heterocycles. The molecule has 1 aliphatic carbocycles. The fourth-order valence-electron chi connectivity index (χ4n) is 1.88. The highest BCUT2D eigenvalue weighted by molar-refractivity contribution is 7.09. The van der Waals surface area contributed by atoms with E-state index in [0.29, 0.717) is 11.6 Å². The van der Waals surface area contributed by atoms with Crippen molar-refractivity contribution in [2.24, 2.45) is 0 Å². The molecule has 0 saturated heterocycles. The Labute approximate surface area is 82.2 Å². The molecule has 68 valence electrons. The van der Waals surface area contributed by atoms with Crippen LogP contribution in [-0.2, 0) is 0 Å². The monoisotopic (exact) mass is 192 g/mol. The zero-order valence-corrected chi connectivity index (χ0v) is 8.31. The van der Waals surface area contributed by atoms with Gasteiger partial charge in [-0.05, 0) is 12.8 Å².